The van der Waals surface area contributed by atoms with Gasteiger partial charge in [0.2, 0.25) is 10.0 Å². The molecule has 2 rings (SSSR count). The van der Waals surface area contributed by atoms with Crippen LogP contribution in [0.3, 0.4) is 0 Å². The third kappa shape index (κ3) is 4.43. The van der Waals surface area contributed by atoms with Crippen molar-refractivity contribution < 1.29 is 22.7 Å². The molecule has 0 unspecified atom stereocenters. The van der Waals surface area contributed by atoms with Crippen molar-refractivity contribution in [1.82, 2.24) is 9.21 Å². The Bertz CT molecular complexity index is 672. The van der Waals surface area contributed by atoms with Gasteiger partial charge in [-0.15, -0.1) is 0 Å². The minimum Gasteiger partial charge on any atom is -0.481 e. The molecule has 0 N–H and O–H groups in total. The highest BCUT2D eigenvalue weighted by Gasteiger charge is 2.28. The Labute approximate surface area is 144 Å². The number of likely N-dealkylation sites (N-methyl/N-ethyl adjacent to an activating group) is 1. The SMILES string of the molecule is COC(=O)COc1ccc(S(=O)(=O)N2CCN(C)CC2)cc1Br. The fourth-order valence-corrected chi connectivity index (χ4v) is 4.23. The molecule has 1 aromatic rings. The number of ether oxygens (including phenoxy) is 2. The zero-order valence-electron chi connectivity index (χ0n) is 13.0. The number of hydrogen-bond donors (Lipinski definition) is 0. The summed E-state index contributed by atoms with van der Waals surface area (Å²) in [6, 6.07) is 4.49. The van der Waals surface area contributed by atoms with Gasteiger partial charge >= 0.3 is 5.97 Å². The van der Waals surface area contributed by atoms with Crippen molar-refractivity contribution in [2.45, 2.75) is 4.90 Å². The molecule has 1 aromatic carbocycles. The number of esters is 1. The molecule has 7 nitrogen and oxygen atoms in total. The third-order valence-electron chi connectivity index (χ3n) is 3.58. The van der Waals surface area contributed by atoms with Gasteiger partial charge in [0.15, 0.2) is 6.61 Å². The Morgan fingerprint density at radius 3 is 2.48 bits per heavy atom. The normalized spacial score (nSPS) is 17.0. The summed E-state index contributed by atoms with van der Waals surface area (Å²) in [4.78, 5) is 13.4. The van der Waals surface area contributed by atoms with Crippen LogP contribution in [0.5, 0.6) is 5.75 Å². The summed E-state index contributed by atoms with van der Waals surface area (Å²) in [5.74, 6) is -0.126. The average molecular weight is 407 g/mol. The number of sulfonamides is 1. The van der Waals surface area contributed by atoms with E-state index in [-0.39, 0.29) is 11.5 Å². The maximum absolute atomic E-state index is 12.6. The second-order valence-corrected chi connectivity index (χ2v) is 7.96. The van der Waals surface area contributed by atoms with Gasteiger partial charge in [0.05, 0.1) is 16.5 Å². The lowest BCUT2D eigenvalue weighted by molar-refractivity contribution is -0.142. The van der Waals surface area contributed by atoms with Crippen molar-refractivity contribution in [3.05, 3.63) is 22.7 Å². The van der Waals surface area contributed by atoms with Crippen molar-refractivity contribution in [2.75, 3.05) is 46.9 Å². The van der Waals surface area contributed by atoms with E-state index in [2.05, 4.69) is 25.6 Å². The van der Waals surface area contributed by atoms with Crippen molar-refractivity contribution in [1.29, 1.82) is 0 Å². The molecule has 1 heterocycles. The van der Waals surface area contributed by atoms with E-state index < -0.39 is 16.0 Å². The molecule has 128 valence electrons. The van der Waals surface area contributed by atoms with Gasteiger partial charge in [0, 0.05) is 26.2 Å². The van der Waals surface area contributed by atoms with E-state index in [1.165, 1.54) is 29.6 Å². The number of carbonyl (C=O) groups excluding carboxylic acids is 1. The zero-order valence-corrected chi connectivity index (χ0v) is 15.4. The monoisotopic (exact) mass is 406 g/mol. The number of nitrogens with zero attached hydrogens (tertiary/aromatic N) is 2. The number of halogens is 1. The van der Waals surface area contributed by atoms with E-state index in [0.717, 1.165) is 0 Å². The number of carbonyl (C=O) groups is 1. The molecule has 0 saturated carbocycles. The standard InChI is InChI=1S/C14H19BrN2O5S/c1-16-5-7-17(8-6-16)23(19,20)11-3-4-13(12(15)9-11)22-10-14(18)21-2/h3-4,9H,5-8,10H2,1-2H3. The lowest BCUT2D eigenvalue weighted by Crippen LogP contribution is -2.47. The second-order valence-electron chi connectivity index (χ2n) is 5.16. The molecular weight excluding hydrogens is 388 g/mol. The summed E-state index contributed by atoms with van der Waals surface area (Å²) in [5.41, 5.74) is 0. The third-order valence-corrected chi connectivity index (χ3v) is 6.09. The molecule has 0 aliphatic carbocycles. The first-order valence-corrected chi connectivity index (χ1v) is 9.26. The van der Waals surface area contributed by atoms with Crippen molar-refractivity contribution in [3.63, 3.8) is 0 Å². The lowest BCUT2D eigenvalue weighted by atomic mass is 10.3. The highest BCUT2D eigenvalue weighted by atomic mass is 79.9. The van der Waals surface area contributed by atoms with Crippen LogP contribution in [0.25, 0.3) is 0 Å². The van der Waals surface area contributed by atoms with E-state index in [4.69, 9.17) is 4.74 Å². The first-order valence-electron chi connectivity index (χ1n) is 7.02. The summed E-state index contributed by atoms with van der Waals surface area (Å²) in [5, 5.41) is 0. The Hall–Kier alpha value is -1.16. The fourth-order valence-electron chi connectivity index (χ4n) is 2.13. The van der Waals surface area contributed by atoms with Crippen molar-refractivity contribution >= 4 is 31.9 Å². The molecule has 1 fully saturated rings. The van der Waals surface area contributed by atoms with Gasteiger partial charge < -0.3 is 14.4 Å². The maximum Gasteiger partial charge on any atom is 0.343 e. The molecule has 23 heavy (non-hydrogen) atoms. The topological polar surface area (TPSA) is 76.1 Å². The van der Waals surface area contributed by atoms with E-state index in [0.29, 0.717) is 36.4 Å². The highest BCUT2D eigenvalue weighted by Crippen LogP contribution is 2.29. The minimum absolute atomic E-state index is 0.194. The molecule has 0 bridgehead atoms. The Morgan fingerprint density at radius 2 is 1.91 bits per heavy atom. The molecule has 0 aromatic heterocycles. The highest BCUT2D eigenvalue weighted by molar-refractivity contribution is 9.10. The largest absolute Gasteiger partial charge is 0.481 e. The van der Waals surface area contributed by atoms with Crippen LogP contribution in [0.4, 0.5) is 0 Å². The number of piperazine rings is 1. The summed E-state index contributed by atoms with van der Waals surface area (Å²) in [6.45, 7) is 2.12. The predicted octanol–water partition coefficient (Wildman–Crippen LogP) is 0.937. The molecule has 1 aliphatic rings. The lowest BCUT2D eigenvalue weighted by Gasteiger charge is -2.31. The van der Waals surface area contributed by atoms with Crippen LogP contribution in [0, 0.1) is 0 Å². The van der Waals surface area contributed by atoms with Crippen molar-refractivity contribution in [2.24, 2.45) is 0 Å². The molecule has 1 saturated heterocycles. The van der Waals surface area contributed by atoms with Crippen LogP contribution >= 0.6 is 15.9 Å². The van der Waals surface area contributed by atoms with E-state index >= 15 is 0 Å². The Balaban J connectivity index is 2.14. The first kappa shape index (κ1) is 18.2. The summed E-state index contributed by atoms with van der Waals surface area (Å²) in [7, 11) is -0.295. The number of hydrogen-bond acceptors (Lipinski definition) is 6. The molecule has 0 radical (unpaired) electrons. The summed E-state index contributed by atoms with van der Waals surface area (Å²) < 4.78 is 37.0. The maximum atomic E-state index is 12.6. The van der Waals surface area contributed by atoms with Gasteiger partial charge in [-0.2, -0.15) is 4.31 Å². The van der Waals surface area contributed by atoms with E-state index in [1.807, 2.05) is 7.05 Å². The minimum atomic E-state index is -3.53. The van der Waals surface area contributed by atoms with Crippen LogP contribution in [0.2, 0.25) is 0 Å². The Kier molecular flexibility index (Phi) is 6.01. The number of benzene rings is 1. The van der Waals surface area contributed by atoms with Crippen LogP contribution < -0.4 is 4.74 Å². The zero-order chi connectivity index (χ0) is 17.0. The molecule has 0 amide bonds. The van der Waals surface area contributed by atoms with Crippen LogP contribution in [-0.2, 0) is 19.6 Å². The average Bonchev–Trinajstić information content (AvgIpc) is 2.53. The van der Waals surface area contributed by atoms with E-state index in [9.17, 15) is 13.2 Å². The van der Waals surface area contributed by atoms with Crippen LogP contribution in [0.15, 0.2) is 27.6 Å². The van der Waals surface area contributed by atoms with Crippen LogP contribution in [0.1, 0.15) is 0 Å². The molecule has 9 heteroatoms. The van der Waals surface area contributed by atoms with Crippen molar-refractivity contribution in [3.8, 4) is 5.75 Å². The second kappa shape index (κ2) is 7.61. The molecular formula is C14H19BrN2O5S. The van der Waals surface area contributed by atoms with Gasteiger partial charge in [-0.05, 0) is 41.2 Å². The quantitative estimate of drug-likeness (QED) is 0.677. The van der Waals surface area contributed by atoms with Gasteiger partial charge in [-0.25, -0.2) is 13.2 Å². The molecule has 0 spiro atoms. The molecule has 0 atom stereocenters. The fraction of sp³-hybridized carbons (Fsp3) is 0.500. The number of rotatable bonds is 5. The smallest absolute Gasteiger partial charge is 0.343 e. The van der Waals surface area contributed by atoms with Gasteiger partial charge in [-0.1, -0.05) is 0 Å². The number of methoxy groups -OCH3 is 1. The summed E-state index contributed by atoms with van der Waals surface area (Å²) in [6.07, 6.45) is 0. The van der Waals surface area contributed by atoms with Gasteiger partial charge in [-0.3, -0.25) is 0 Å². The Morgan fingerprint density at radius 1 is 1.26 bits per heavy atom. The molecule has 1 aliphatic heterocycles. The first-order chi connectivity index (χ1) is 10.8. The van der Waals surface area contributed by atoms with Gasteiger partial charge in [0.1, 0.15) is 5.75 Å². The summed E-state index contributed by atoms with van der Waals surface area (Å²) >= 11 is 3.28. The predicted molar refractivity (Wildman–Crippen MR) is 87.9 cm³/mol. The van der Waals surface area contributed by atoms with Gasteiger partial charge in [0.25, 0.3) is 0 Å². The van der Waals surface area contributed by atoms with E-state index in [1.54, 1.807) is 0 Å². The van der Waals surface area contributed by atoms with Crippen LogP contribution in [-0.4, -0.2) is 70.5 Å².